The third-order valence-electron chi connectivity index (χ3n) is 8.09. The number of carbonyl (C=O) groups excluding carboxylic acids is 1. The molecule has 23 heavy (non-hydrogen) atoms. The molecule has 0 spiro atoms. The van der Waals surface area contributed by atoms with Gasteiger partial charge in [0.15, 0.2) is 5.78 Å². The quantitative estimate of drug-likeness (QED) is 0.551. The highest BCUT2D eigenvalue weighted by Gasteiger charge is 2.65. The Hall–Kier alpha value is -1.33. The molecule has 3 saturated carbocycles. The second-order valence-electron chi connectivity index (χ2n) is 8.87. The fourth-order valence-electron chi connectivity index (χ4n) is 7.26. The topological polar surface area (TPSA) is 37.3 Å². The summed E-state index contributed by atoms with van der Waals surface area (Å²) in [5.74, 6) is 6.54. The lowest BCUT2D eigenvalue weighted by Gasteiger charge is -2.55. The van der Waals surface area contributed by atoms with Crippen molar-refractivity contribution in [3.05, 3.63) is 23.8 Å². The molecule has 5 rings (SSSR count). The van der Waals surface area contributed by atoms with Gasteiger partial charge in [0.1, 0.15) is 5.60 Å². The van der Waals surface area contributed by atoms with Crippen molar-refractivity contribution in [1.29, 1.82) is 0 Å². The molecular weight excluding hydrogens is 284 g/mol. The monoisotopic (exact) mass is 308 g/mol. The molecule has 0 aromatic heterocycles. The van der Waals surface area contributed by atoms with Crippen molar-refractivity contribution in [2.75, 3.05) is 0 Å². The maximum Gasteiger partial charge on any atom is 0.155 e. The van der Waals surface area contributed by atoms with Crippen LogP contribution in [0.25, 0.3) is 0 Å². The zero-order valence-corrected chi connectivity index (χ0v) is 13.7. The van der Waals surface area contributed by atoms with E-state index in [0.29, 0.717) is 41.3 Å². The summed E-state index contributed by atoms with van der Waals surface area (Å²) in [6, 6.07) is 0. The summed E-state index contributed by atoms with van der Waals surface area (Å²) in [6.45, 7) is 2.20. The Kier molecular flexibility index (Phi) is 2.56. The minimum absolute atomic E-state index is 0.230. The molecule has 5 aliphatic carbocycles. The van der Waals surface area contributed by atoms with Gasteiger partial charge in [0, 0.05) is 11.8 Å². The fourth-order valence-corrected chi connectivity index (χ4v) is 7.26. The van der Waals surface area contributed by atoms with E-state index in [9.17, 15) is 9.90 Å². The first-order valence-corrected chi connectivity index (χ1v) is 9.10. The van der Waals surface area contributed by atoms with Crippen LogP contribution >= 0.6 is 0 Å². The van der Waals surface area contributed by atoms with E-state index in [1.54, 1.807) is 0 Å². The van der Waals surface area contributed by atoms with Gasteiger partial charge in [-0.15, -0.1) is 6.42 Å². The predicted molar refractivity (Wildman–Crippen MR) is 88.1 cm³/mol. The smallest absolute Gasteiger partial charge is 0.155 e. The lowest BCUT2D eigenvalue weighted by atomic mass is 9.49. The third-order valence-corrected chi connectivity index (χ3v) is 8.09. The van der Waals surface area contributed by atoms with Crippen LogP contribution in [0.3, 0.4) is 0 Å². The van der Waals surface area contributed by atoms with Gasteiger partial charge in [-0.2, -0.15) is 0 Å². The van der Waals surface area contributed by atoms with Crippen LogP contribution in [0, 0.1) is 53.3 Å². The minimum Gasteiger partial charge on any atom is -0.373 e. The van der Waals surface area contributed by atoms with Gasteiger partial charge in [-0.25, -0.2) is 0 Å². The molecule has 0 amide bonds. The van der Waals surface area contributed by atoms with E-state index in [0.717, 1.165) is 32.1 Å². The Balaban J connectivity index is 1.60. The second-order valence-corrected chi connectivity index (χ2v) is 8.87. The fraction of sp³-hybridized carbons (Fsp3) is 0.667. The molecule has 0 radical (unpaired) electrons. The summed E-state index contributed by atoms with van der Waals surface area (Å²) in [7, 11) is 0. The second kappa shape index (κ2) is 4.19. The number of rotatable bonds is 0. The molecule has 1 N–H and O–H groups in total. The molecule has 5 aliphatic rings. The normalized spacial score (nSPS) is 55.9. The summed E-state index contributed by atoms with van der Waals surface area (Å²) in [4.78, 5) is 12.1. The van der Waals surface area contributed by atoms with Crippen LogP contribution in [0.4, 0.5) is 0 Å². The Labute approximate surface area is 138 Å². The van der Waals surface area contributed by atoms with E-state index in [2.05, 4.69) is 18.9 Å². The molecule has 8 atom stereocenters. The van der Waals surface area contributed by atoms with E-state index in [-0.39, 0.29) is 5.41 Å². The molecule has 120 valence electrons. The summed E-state index contributed by atoms with van der Waals surface area (Å²) < 4.78 is 0. The highest BCUT2D eigenvalue weighted by atomic mass is 16.3. The molecule has 0 heterocycles. The van der Waals surface area contributed by atoms with Gasteiger partial charge in [-0.05, 0) is 73.3 Å². The molecule has 0 saturated heterocycles. The van der Waals surface area contributed by atoms with Crippen LogP contribution in [0.2, 0.25) is 0 Å². The number of carbonyl (C=O) groups is 1. The third kappa shape index (κ3) is 1.53. The lowest BCUT2D eigenvalue weighted by Crippen LogP contribution is -2.54. The first-order chi connectivity index (χ1) is 11.0. The highest BCUT2D eigenvalue weighted by Crippen LogP contribution is 2.68. The van der Waals surface area contributed by atoms with Crippen LogP contribution < -0.4 is 0 Å². The van der Waals surface area contributed by atoms with Gasteiger partial charge >= 0.3 is 0 Å². The highest BCUT2D eigenvalue weighted by molar-refractivity contribution is 5.91. The Morgan fingerprint density at radius 1 is 1.39 bits per heavy atom. The Morgan fingerprint density at radius 3 is 3.00 bits per heavy atom. The van der Waals surface area contributed by atoms with Crippen molar-refractivity contribution in [1.82, 2.24) is 0 Å². The van der Waals surface area contributed by atoms with Crippen molar-refractivity contribution in [3.63, 3.8) is 0 Å². The Bertz CT molecular complexity index is 695. The summed E-state index contributed by atoms with van der Waals surface area (Å²) in [5, 5.41) is 11.0. The standard InChI is InChI=1S/C21H24O2/c1-3-21(23)7-6-17-16-5-4-12-9-15(22)10-13-8-14(11-20(17,21)2)19(16)18(12)13/h1,6-7,9,13-14,16-19,23H,4-5,8,10-11H2,2H3/t13?,14?,16-,17-,18?,19?,20-,21-/m0/s1. The van der Waals surface area contributed by atoms with E-state index in [1.165, 1.54) is 5.57 Å². The zero-order valence-electron chi connectivity index (χ0n) is 13.7. The van der Waals surface area contributed by atoms with Crippen LogP contribution in [-0.4, -0.2) is 16.5 Å². The van der Waals surface area contributed by atoms with Gasteiger partial charge in [0.2, 0.25) is 0 Å². The molecule has 3 fully saturated rings. The van der Waals surface area contributed by atoms with Crippen molar-refractivity contribution in [2.45, 2.75) is 44.6 Å². The molecule has 0 aromatic rings. The minimum atomic E-state index is -1.09. The number of ketones is 1. The first kappa shape index (κ1) is 14.1. The molecule has 2 nitrogen and oxygen atoms in total. The molecule has 0 aromatic carbocycles. The van der Waals surface area contributed by atoms with E-state index >= 15 is 0 Å². The lowest BCUT2D eigenvalue weighted by molar-refractivity contribution is -0.116. The van der Waals surface area contributed by atoms with Gasteiger partial charge < -0.3 is 5.11 Å². The van der Waals surface area contributed by atoms with E-state index < -0.39 is 5.60 Å². The molecular formula is C21H24O2. The van der Waals surface area contributed by atoms with Crippen molar-refractivity contribution in [2.24, 2.45) is 40.9 Å². The summed E-state index contributed by atoms with van der Waals surface area (Å²) >= 11 is 0. The number of terminal acetylenes is 1. The number of hydrogen-bond donors (Lipinski definition) is 1. The molecule has 0 aliphatic heterocycles. The number of fused-ring (bicyclic) bond motifs is 2. The van der Waals surface area contributed by atoms with Crippen molar-refractivity contribution < 1.29 is 9.90 Å². The average molecular weight is 308 g/mol. The summed E-state index contributed by atoms with van der Waals surface area (Å²) in [5.41, 5.74) is 0.113. The van der Waals surface area contributed by atoms with E-state index in [4.69, 9.17) is 6.42 Å². The zero-order chi connectivity index (χ0) is 16.0. The SMILES string of the molecule is C#C[C@]1(O)C=C[C@H]2[C@@H]3CCC4=CC(=O)CC5CC(C[C@@]21C)C3C45. The van der Waals surface area contributed by atoms with Crippen LogP contribution in [-0.2, 0) is 4.79 Å². The van der Waals surface area contributed by atoms with Gasteiger partial charge in [-0.1, -0.05) is 24.5 Å². The van der Waals surface area contributed by atoms with Crippen LogP contribution in [0.1, 0.15) is 39.0 Å². The first-order valence-electron chi connectivity index (χ1n) is 9.10. The summed E-state index contributed by atoms with van der Waals surface area (Å²) in [6.07, 6.45) is 16.9. The van der Waals surface area contributed by atoms with Gasteiger partial charge in [-0.3, -0.25) is 4.79 Å². The average Bonchev–Trinajstić information content (AvgIpc) is 3.00. The van der Waals surface area contributed by atoms with Gasteiger partial charge in [0.05, 0.1) is 0 Å². The Morgan fingerprint density at radius 2 is 2.22 bits per heavy atom. The van der Waals surface area contributed by atoms with Crippen LogP contribution in [0.5, 0.6) is 0 Å². The van der Waals surface area contributed by atoms with Crippen molar-refractivity contribution in [3.8, 4) is 12.3 Å². The molecule has 4 unspecified atom stereocenters. The molecule has 0 bridgehead atoms. The maximum absolute atomic E-state index is 12.1. The van der Waals surface area contributed by atoms with Crippen molar-refractivity contribution >= 4 is 5.78 Å². The van der Waals surface area contributed by atoms with Crippen LogP contribution in [0.15, 0.2) is 23.8 Å². The van der Waals surface area contributed by atoms with Gasteiger partial charge in [0.25, 0.3) is 0 Å². The predicted octanol–water partition coefficient (Wildman–Crippen LogP) is 3.12. The maximum atomic E-state index is 12.1. The van der Waals surface area contributed by atoms with E-state index in [1.807, 2.05) is 12.2 Å². The largest absolute Gasteiger partial charge is 0.373 e. The number of hydrogen-bond acceptors (Lipinski definition) is 2. The molecule has 2 heteroatoms. The number of aliphatic hydroxyl groups is 1. The number of allylic oxidation sites excluding steroid dienone is 3.